The normalized spacial score (nSPS) is 17.4. The van der Waals surface area contributed by atoms with Gasteiger partial charge in [-0.25, -0.2) is 0 Å². The first-order valence-corrected chi connectivity index (χ1v) is 12.2. The Morgan fingerprint density at radius 1 is 1.15 bits per heavy atom. The van der Waals surface area contributed by atoms with Gasteiger partial charge in [-0.2, -0.15) is 0 Å². The highest BCUT2D eigenvalue weighted by Crippen LogP contribution is 2.43. The highest BCUT2D eigenvalue weighted by Gasteiger charge is 2.48. The van der Waals surface area contributed by atoms with E-state index >= 15 is 0 Å². The number of aliphatic hydroxyl groups is 1. The number of hydrogen-bond donors (Lipinski definition) is 1. The quantitative estimate of drug-likeness (QED) is 0.186. The summed E-state index contributed by atoms with van der Waals surface area (Å²) in [6, 6.07) is 12.8. The van der Waals surface area contributed by atoms with Crippen LogP contribution in [0.3, 0.4) is 0 Å². The molecule has 176 valence electrons. The first kappa shape index (κ1) is 23.9. The molecule has 1 saturated heterocycles. The Bertz CT molecular complexity index is 1240. The fourth-order valence-corrected chi connectivity index (χ4v) is 4.65. The monoisotopic (exact) mass is 497 g/mol. The molecule has 3 aromatic rings. The van der Waals surface area contributed by atoms with Crippen molar-refractivity contribution in [1.29, 1.82) is 0 Å². The fraction of sp³-hybridized carbons (Fsp3) is 0.280. The number of anilines is 1. The standard InChI is InChI=1S/C25H24ClN3O4S/c1-3-4-5-13-33-19-8-6-7-17(14-19)21-20(22(30)16-9-11-18(26)12-10-16)23(31)24(32)29(21)25-28-27-15(2)34-25/h6-12,14,21,30H,3-5,13H2,1-2H3. The lowest BCUT2D eigenvalue weighted by molar-refractivity contribution is -0.132. The smallest absolute Gasteiger partial charge is 0.301 e. The Morgan fingerprint density at radius 3 is 2.59 bits per heavy atom. The molecular formula is C25H24ClN3O4S. The molecule has 1 fully saturated rings. The van der Waals surface area contributed by atoms with Crippen LogP contribution in [0.2, 0.25) is 5.02 Å². The number of rotatable bonds is 8. The summed E-state index contributed by atoms with van der Waals surface area (Å²) in [5.74, 6) is -1.22. The van der Waals surface area contributed by atoms with E-state index in [4.69, 9.17) is 16.3 Å². The molecule has 1 amide bonds. The number of Topliss-reactive ketones (excluding diaryl/α,β-unsaturated/α-hetero) is 1. The number of benzene rings is 2. The Balaban J connectivity index is 1.81. The number of unbranched alkanes of at least 4 members (excludes halogenated alkanes) is 2. The summed E-state index contributed by atoms with van der Waals surface area (Å²) in [6.07, 6.45) is 3.08. The zero-order valence-electron chi connectivity index (χ0n) is 18.8. The van der Waals surface area contributed by atoms with E-state index < -0.39 is 17.7 Å². The number of aliphatic hydroxyl groups excluding tert-OH is 1. The maximum Gasteiger partial charge on any atom is 0.301 e. The van der Waals surface area contributed by atoms with Crippen LogP contribution in [-0.4, -0.2) is 33.6 Å². The lowest BCUT2D eigenvalue weighted by atomic mass is 9.95. The van der Waals surface area contributed by atoms with Gasteiger partial charge in [0, 0.05) is 10.6 Å². The number of aromatic nitrogens is 2. The third-order valence-electron chi connectivity index (χ3n) is 5.47. The summed E-state index contributed by atoms with van der Waals surface area (Å²) >= 11 is 7.18. The predicted molar refractivity (Wildman–Crippen MR) is 132 cm³/mol. The molecule has 34 heavy (non-hydrogen) atoms. The number of carbonyl (C=O) groups is 2. The second-order valence-corrected chi connectivity index (χ2v) is 9.50. The van der Waals surface area contributed by atoms with Crippen molar-refractivity contribution in [2.75, 3.05) is 11.5 Å². The largest absolute Gasteiger partial charge is 0.507 e. The minimum atomic E-state index is -0.887. The maximum absolute atomic E-state index is 13.2. The molecule has 2 heterocycles. The van der Waals surface area contributed by atoms with Crippen molar-refractivity contribution in [3.8, 4) is 5.75 Å². The van der Waals surface area contributed by atoms with Crippen LogP contribution in [-0.2, 0) is 9.59 Å². The summed E-state index contributed by atoms with van der Waals surface area (Å²) in [5, 5.41) is 20.7. The first-order chi connectivity index (χ1) is 16.4. The lowest BCUT2D eigenvalue weighted by Crippen LogP contribution is -2.29. The zero-order valence-corrected chi connectivity index (χ0v) is 20.4. The van der Waals surface area contributed by atoms with E-state index in [2.05, 4.69) is 17.1 Å². The molecule has 1 aliphatic heterocycles. The average Bonchev–Trinajstić information content (AvgIpc) is 3.37. The van der Waals surface area contributed by atoms with Gasteiger partial charge in [0.05, 0.1) is 18.2 Å². The molecule has 0 bridgehead atoms. The van der Waals surface area contributed by atoms with E-state index in [1.165, 1.54) is 16.2 Å². The lowest BCUT2D eigenvalue weighted by Gasteiger charge is -2.23. The molecule has 0 saturated carbocycles. The molecule has 0 spiro atoms. The fourth-order valence-electron chi connectivity index (χ4n) is 3.81. The van der Waals surface area contributed by atoms with Crippen LogP contribution in [0.4, 0.5) is 5.13 Å². The molecule has 1 N–H and O–H groups in total. The molecule has 7 nitrogen and oxygen atoms in total. The predicted octanol–water partition coefficient (Wildman–Crippen LogP) is 5.70. The summed E-state index contributed by atoms with van der Waals surface area (Å²) in [5.41, 5.74) is 0.978. The van der Waals surface area contributed by atoms with Crippen LogP contribution in [0.5, 0.6) is 5.75 Å². The molecule has 1 aliphatic rings. The number of amides is 1. The minimum Gasteiger partial charge on any atom is -0.507 e. The van der Waals surface area contributed by atoms with Gasteiger partial charge in [0.1, 0.15) is 16.5 Å². The van der Waals surface area contributed by atoms with Gasteiger partial charge >= 0.3 is 5.91 Å². The second kappa shape index (κ2) is 10.4. The zero-order chi connectivity index (χ0) is 24.2. The summed E-state index contributed by atoms with van der Waals surface area (Å²) < 4.78 is 5.89. The summed E-state index contributed by atoms with van der Waals surface area (Å²) in [4.78, 5) is 27.6. The maximum atomic E-state index is 13.2. The molecule has 0 aliphatic carbocycles. The number of nitrogens with zero attached hydrogens (tertiary/aromatic N) is 3. The van der Waals surface area contributed by atoms with E-state index in [0.29, 0.717) is 33.5 Å². The number of ketones is 1. The van der Waals surface area contributed by atoms with Crippen molar-refractivity contribution in [1.82, 2.24) is 10.2 Å². The van der Waals surface area contributed by atoms with E-state index in [1.54, 1.807) is 49.4 Å². The Morgan fingerprint density at radius 2 is 1.91 bits per heavy atom. The van der Waals surface area contributed by atoms with Crippen LogP contribution in [0.15, 0.2) is 54.1 Å². The van der Waals surface area contributed by atoms with Gasteiger partial charge in [-0.05, 0) is 55.3 Å². The van der Waals surface area contributed by atoms with Crippen molar-refractivity contribution >= 4 is 45.5 Å². The van der Waals surface area contributed by atoms with Crippen molar-refractivity contribution < 1.29 is 19.4 Å². The topological polar surface area (TPSA) is 92.6 Å². The Labute approximate surface area is 206 Å². The van der Waals surface area contributed by atoms with Crippen LogP contribution in [0.25, 0.3) is 5.76 Å². The van der Waals surface area contributed by atoms with Gasteiger partial charge in [-0.3, -0.25) is 14.5 Å². The van der Waals surface area contributed by atoms with Gasteiger partial charge in [0.15, 0.2) is 0 Å². The number of ether oxygens (including phenoxy) is 1. The highest BCUT2D eigenvalue weighted by molar-refractivity contribution is 7.15. The van der Waals surface area contributed by atoms with E-state index in [1.807, 2.05) is 6.07 Å². The van der Waals surface area contributed by atoms with Crippen molar-refractivity contribution in [3.63, 3.8) is 0 Å². The number of carbonyl (C=O) groups excluding carboxylic acids is 2. The van der Waals surface area contributed by atoms with Crippen molar-refractivity contribution in [3.05, 3.63) is 75.3 Å². The van der Waals surface area contributed by atoms with Crippen molar-refractivity contribution in [2.24, 2.45) is 0 Å². The third-order valence-corrected chi connectivity index (χ3v) is 6.56. The molecular weight excluding hydrogens is 474 g/mol. The van der Waals surface area contributed by atoms with Gasteiger partial charge in [0.25, 0.3) is 5.78 Å². The van der Waals surface area contributed by atoms with Crippen molar-refractivity contribution in [2.45, 2.75) is 39.2 Å². The Hall–Kier alpha value is -3.23. The third kappa shape index (κ3) is 4.83. The molecule has 9 heteroatoms. The van der Waals surface area contributed by atoms with Crippen LogP contribution in [0.1, 0.15) is 48.4 Å². The van der Waals surface area contributed by atoms with E-state index in [9.17, 15) is 14.7 Å². The highest BCUT2D eigenvalue weighted by atomic mass is 35.5. The summed E-state index contributed by atoms with van der Waals surface area (Å²) in [6.45, 7) is 4.46. The van der Waals surface area contributed by atoms with Gasteiger partial charge in [0.2, 0.25) is 5.13 Å². The van der Waals surface area contributed by atoms with E-state index in [-0.39, 0.29) is 16.5 Å². The van der Waals surface area contributed by atoms with Crippen LogP contribution in [0, 0.1) is 6.92 Å². The van der Waals surface area contributed by atoms with E-state index in [0.717, 1.165) is 19.3 Å². The average molecular weight is 498 g/mol. The van der Waals surface area contributed by atoms with Gasteiger partial charge in [-0.1, -0.05) is 54.8 Å². The number of halogens is 1. The Kier molecular flexibility index (Phi) is 7.29. The van der Waals surface area contributed by atoms with Gasteiger partial charge < -0.3 is 9.84 Å². The minimum absolute atomic E-state index is 0.0247. The van der Waals surface area contributed by atoms with Gasteiger partial charge in [-0.15, -0.1) is 10.2 Å². The molecule has 2 aromatic carbocycles. The molecule has 0 radical (unpaired) electrons. The second-order valence-electron chi connectivity index (χ2n) is 7.91. The SMILES string of the molecule is CCCCCOc1cccc(C2C(=C(O)c3ccc(Cl)cc3)C(=O)C(=O)N2c2nnc(C)s2)c1. The van der Waals surface area contributed by atoms with Crippen LogP contribution < -0.4 is 9.64 Å². The number of aryl methyl sites for hydroxylation is 1. The molecule has 1 unspecified atom stereocenters. The van der Waals surface area contributed by atoms with Crippen LogP contribution >= 0.6 is 22.9 Å². The molecule has 1 aromatic heterocycles. The number of hydrogen-bond acceptors (Lipinski definition) is 7. The molecule has 4 rings (SSSR count). The molecule has 1 atom stereocenters. The summed E-state index contributed by atoms with van der Waals surface area (Å²) in [7, 11) is 0. The first-order valence-electron chi connectivity index (χ1n) is 11.0.